The number of aryl methyl sites for hydroxylation is 2. The summed E-state index contributed by atoms with van der Waals surface area (Å²) in [6.45, 7) is 26.5. The highest BCUT2D eigenvalue weighted by Gasteiger charge is 2.38. The quantitative estimate of drug-likeness (QED) is 0.205. The van der Waals surface area contributed by atoms with Gasteiger partial charge in [-0.25, -0.2) is 0 Å². The average molecular weight is 549 g/mol. The fraction of sp³-hybridized carbons (Fsp3) is 0.529. The molecule has 0 heterocycles. The maximum Gasteiger partial charge on any atom is 0.192 e. The summed E-state index contributed by atoms with van der Waals surface area (Å²) in [6.07, 6.45) is 10.3. The van der Waals surface area contributed by atoms with Crippen LogP contribution >= 0.6 is 0 Å². The highest BCUT2D eigenvalue weighted by molar-refractivity contribution is 6.74. The van der Waals surface area contributed by atoms with Crippen LogP contribution in [-0.2, 0) is 34.9 Å². The van der Waals surface area contributed by atoms with Gasteiger partial charge in [-0.1, -0.05) is 96.9 Å². The van der Waals surface area contributed by atoms with Crippen molar-refractivity contribution in [1.29, 1.82) is 0 Å². The molecule has 0 N–H and O–H groups in total. The molecule has 0 aliphatic heterocycles. The van der Waals surface area contributed by atoms with E-state index in [1.807, 2.05) is 6.08 Å². The van der Waals surface area contributed by atoms with E-state index in [0.717, 1.165) is 19.3 Å². The van der Waals surface area contributed by atoms with Crippen LogP contribution in [0.5, 0.6) is 0 Å². The number of hydrogen-bond acceptors (Lipinski definition) is 2. The van der Waals surface area contributed by atoms with E-state index >= 15 is 0 Å². The number of hydrogen-bond donors (Lipinski definition) is 0. The van der Waals surface area contributed by atoms with Crippen molar-refractivity contribution in [2.45, 2.75) is 117 Å². The summed E-state index contributed by atoms with van der Waals surface area (Å²) in [5.74, 6) is 2.69. The Hall–Kier alpha value is -1.91. The monoisotopic (exact) mass is 548 g/mol. The summed E-state index contributed by atoms with van der Waals surface area (Å²) in [5, 5.41) is 0.366. The highest BCUT2D eigenvalue weighted by atomic mass is 28.4. The maximum atomic E-state index is 6.69. The van der Waals surface area contributed by atoms with Crippen molar-refractivity contribution in [2.24, 2.45) is 0 Å². The summed E-state index contributed by atoms with van der Waals surface area (Å²) in [7, 11) is -3.71. The van der Waals surface area contributed by atoms with Gasteiger partial charge in [0.2, 0.25) is 0 Å². The molecule has 0 aliphatic rings. The summed E-state index contributed by atoms with van der Waals surface area (Å²) < 4.78 is 13.3. The Labute approximate surface area is 236 Å². The molecule has 0 radical (unpaired) electrons. The molecule has 0 aliphatic carbocycles. The molecule has 0 saturated carbocycles. The Morgan fingerprint density at radius 1 is 0.789 bits per heavy atom. The summed E-state index contributed by atoms with van der Waals surface area (Å²) in [4.78, 5) is 0. The van der Waals surface area contributed by atoms with Crippen LogP contribution in [0.4, 0.5) is 0 Å². The lowest BCUT2D eigenvalue weighted by molar-refractivity contribution is 0.257. The van der Waals surface area contributed by atoms with Crippen LogP contribution in [0.2, 0.25) is 36.3 Å². The van der Waals surface area contributed by atoms with Gasteiger partial charge >= 0.3 is 0 Å². The van der Waals surface area contributed by atoms with Gasteiger partial charge < -0.3 is 8.85 Å². The van der Waals surface area contributed by atoms with Crippen LogP contribution in [-0.4, -0.2) is 16.6 Å². The molecule has 0 amide bonds. The van der Waals surface area contributed by atoms with E-state index in [1.165, 1.54) is 33.4 Å². The minimum absolute atomic E-state index is 0.179. The predicted molar refractivity (Wildman–Crippen MR) is 171 cm³/mol. The van der Waals surface area contributed by atoms with Gasteiger partial charge in [0.15, 0.2) is 16.6 Å². The lowest BCUT2D eigenvalue weighted by Gasteiger charge is -2.37. The van der Waals surface area contributed by atoms with Crippen molar-refractivity contribution in [3.8, 4) is 12.3 Å². The summed E-state index contributed by atoms with van der Waals surface area (Å²) in [5.41, 5.74) is 7.64. The molecule has 4 heteroatoms. The Bertz CT molecular complexity index is 1140. The zero-order valence-electron chi connectivity index (χ0n) is 26.0. The van der Waals surface area contributed by atoms with Crippen LogP contribution in [0.3, 0.4) is 0 Å². The molecule has 0 unspecified atom stereocenters. The molecular formula is C34H52O2Si2. The third-order valence-electron chi connectivity index (χ3n) is 8.70. The Balaban J connectivity index is 2.28. The Morgan fingerprint density at radius 3 is 1.82 bits per heavy atom. The van der Waals surface area contributed by atoms with E-state index in [4.69, 9.17) is 15.3 Å². The first-order chi connectivity index (χ1) is 17.5. The molecule has 0 spiro atoms. The zero-order chi connectivity index (χ0) is 28.8. The molecule has 0 bridgehead atoms. The van der Waals surface area contributed by atoms with Gasteiger partial charge in [-0.2, -0.15) is 0 Å². The molecule has 0 aromatic heterocycles. The molecule has 38 heavy (non-hydrogen) atoms. The van der Waals surface area contributed by atoms with E-state index < -0.39 is 16.6 Å². The van der Waals surface area contributed by atoms with Crippen LogP contribution in [0, 0.1) is 12.3 Å². The van der Waals surface area contributed by atoms with Crippen LogP contribution in [0.1, 0.15) is 82.7 Å². The summed E-state index contributed by atoms with van der Waals surface area (Å²) >= 11 is 0. The molecule has 2 rings (SSSR count). The van der Waals surface area contributed by atoms with Gasteiger partial charge in [0.25, 0.3) is 0 Å². The van der Waals surface area contributed by atoms with Gasteiger partial charge in [0, 0.05) is 0 Å². The highest BCUT2D eigenvalue weighted by Crippen LogP contribution is 2.39. The topological polar surface area (TPSA) is 18.5 Å². The van der Waals surface area contributed by atoms with Gasteiger partial charge in [-0.05, 0) is 95.0 Å². The van der Waals surface area contributed by atoms with Gasteiger partial charge in [-0.3, -0.25) is 0 Å². The first kappa shape index (κ1) is 32.3. The fourth-order valence-electron chi connectivity index (χ4n) is 3.76. The van der Waals surface area contributed by atoms with Crippen molar-refractivity contribution >= 4 is 22.2 Å². The van der Waals surface area contributed by atoms with E-state index in [9.17, 15) is 0 Å². The van der Waals surface area contributed by atoms with Crippen LogP contribution in [0.25, 0.3) is 5.57 Å². The van der Waals surface area contributed by atoms with E-state index in [2.05, 4.69) is 123 Å². The zero-order valence-corrected chi connectivity index (χ0v) is 28.0. The second kappa shape index (κ2) is 13.0. The fourth-order valence-corrected chi connectivity index (χ4v) is 5.66. The second-order valence-electron chi connectivity index (χ2n) is 13.6. The third-order valence-corrected chi connectivity index (χ3v) is 17.7. The normalized spacial score (nSPS) is 13.5. The molecule has 0 fully saturated rings. The van der Waals surface area contributed by atoms with E-state index in [-0.39, 0.29) is 10.1 Å². The van der Waals surface area contributed by atoms with Crippen molar-refractivity contribution in [1.82, 2.24) is 0 Å². The van der Waals surface area contributed by atoms with Crippen molar-refractivity contribution < 1.29 is 8.85 Å². The number of terminal acetylenes is 1. The minimum atomic E-state index is -1.87. The van der Waals surface area contributed by atoms with Crippen molar-refractivity contribution in [3.05, 3.63) is 76.4 Å². The van der Waals surface area contributed by atoms with Crippen molar-refractivity contribution in [3.63, 3.8) is 0 Å². The predicted octanol–water partition coefficient (Wildman–Crippen LogP) is 9.94. The van der Waals surface area contributed by atoms with E-state index in [1.54, 1.807) is 0 Å². The standard InChI is InChI=1S/C34H52O2Si2/c1-13-16-29(14-2)30-18-15-17-27(23-30)19-20-28-21-22-31(25-35-37(9,10)33(3,4)5)32(24-28)26-36-38(11,12)34(6,7)8/h1,15-18,21-24H,14,19-20,25-26H2,2-12H3. The number of rotatable bonds is 11. The molecule has 0 atom stereocenters. The van der Waals surface area contributed by atoms with Gasteiger partial charge in [0.05, 0.1) is 13.2 Å². The average Bonchev–Trinajstić information content (AvgIpc) is 2.82. The largest absolute Gasteiger partial charge is 0.413 e. The van der Waals surface area contributed by atoms with Crippen LogP contribution < -0.4 is 0 Å². The molecule has 208 valence electrons. The number of benzene rings is 2. The first-order valence-corrected chi connectivity index (χ1v) is 20.0. The molecule has 2 aromatic rings. The van der Waals surface area contributed by atoms with Gasteiger partial charge in [-0.15, -0.1) is 6.42 Å². The molecule has 2 aromatic carbocycles. The maximum absolute atomic E-state index is 6.69. The smallest absolute Gasteiger partial charge is 0.192 e. The lowest BCUT2D eigenvalue weighted by atomic mass is 9.96. The first-order valence-electron chi connectivity index (χ1n) is 14.1. The van der Waals surface area contributed by atoms with Gasteiger partial charge in [0.1, 0.15) is 0 Å². The lowest BCUT2D eigenvalue weighted by Crippen LogP contribution is -2.41. The molecule has 0 saturated heterocycles. The minimum Gasteiger partial charge on any atom is -0.413 e. The second-order valence-corrected chi connectivity index (χ2v) is 23.2. The Kier molecular flexibility index (Phi) is 11.0. The summed E-state index contributed by atoms with van der Waals surface area (Å²) in [6, 6.07) is 15.7. The number of allylic oxidation sites excluding steroid dienone is 2. The molecular weight excluding hydrogens is 497 g/mol. The van der Waals surface area contributed by atoms with Crippen molar-refractivity contribution in [2.75, 3.05) is 0 Å². The van der Waals surface area contributed by atoms with E-state index in [0.29, 0.717) is 13.2 Å². The van der Waals surface area contributed by atoms with Crippen LogP contribution in [0.15, 0.2) is 48.5 Å². The Morgan fingerprint density at radius 2 is 1.32 bits per heavy atom. The molecule has 2 nitrogen and oxygen atoms in total. The SMILES string of the molecule is C#CC=C(CC)c1cccc(CCc2ccc(CO[Si](C)(C)C(C)(C)C)c(CO[Si](C)(C)C(C)(C)C)c2)c1. The third kappa shape index (κ3) is 8.81.